The van der Waals surface area contributed by atoms with Gasteiger partial charge in [-0.05, 0) is 62.6 Å². The first-order chi connectivity index (χ1) is 17.1. The number of hydrogen-bond acceptors (Lipinski definition) is 6. The molecule has 7 nitrogen and oxygen atoms in total. The van der Waals surface area contributed by atoms with Crippen LogP contribution < -0.4 is 9.47 Å². The standard InChI is InChI=1S/C28H37N3O4/c1-4-9-23(32)18-30(19-26-12-8-17-34-26)20-27-21(2)29-31(22-10-6-5-7-11-22)28(27)35-25-15-13-24(33-3)14-16-25/h5-7,10-11,13-16,23,26,32H,4,8-9,12,17-20H2,1-3H3/t23-,26+/m1/s1. The van der Waals surface area contributed by atoms with Gasteiger partial charge in [-0.2, -0.15) is 5.10 Å². The van der Waals surface area contributed by atoms with E-state index in [1.807, 2.05) is 66.2 Å². The number of methoxy groups -OCH3 is 1. The molecule has 1 N–H and O–H groups in total. The van der Waals surface area contributed by atoms with Gasteiger partial charge in [0.25, 0.3) is 0 Å². The van der Waals surface area contributed by atoms with Crippen molar-refractivity contribution in [3.8, 4) is 23.1 Å². The van der Waals surface area contributed by atoms with Crippen molar-refractivity contribution < 1.29 is 19.3 Å². The Morgan fingerprint density at radius 2 is 1.89 bits per heavy atom. The molecule has 0 saturated carbocycles. The van der Waals surface area contributed by atoms with Crippen molar-refractivity contribution in [1.82, 2.24) is 14.7 Å². The van der Waals surface area contributed by atoms with Gasteiger partial charge in [0.05, 0.1) is 36.3 Å². The molecule has 3 aromatic rings. The third-order valence-corrected chi connectivity index (χ3v) is 6.37. The molecule has 1 aliphatic heterocycles. The molecule has 2 aromatic carbocycles. The van der Waals surface area contributed by atoms with Crippen LogP contribution in [0.5, 0.6) is 17.4 Å². The monoisotopic (exact) mass is 479 g/mol. The van der Waals surface area contributed by atoms with Gasteiger partial charge < -0.3 is 19.3 Å². The van der Waals surface area contributed by atoms with Gasteiger partial charge in [-0.3, -0.25) is 4.90 Å². The van der Waals surface area contributed by atoms with Crippen LogP contribution in [-0.2, 0) is 11.3 Å². The van der Waals surface area contributed by atoms with Crippen molar-refractivity contribution in [1.29, 1.82) is 0 Å². The van der Waals surface area contributed by atoms with Gasteiger partial charge in [-0.25, -0.2) is 4.68 Å². The largest absolute Gasteiger partial charge is 0.497 e. The van der Waals surface area contributed by atoms with E-state index in [9.17, 15) is 5.11 Å². The Morgan fingerprint density at radius 3 is 2.54 bits per heavy atom. The van der Waals surface area contributed by atoms with Gasteiger partial charge in [0.2, 0.25) is 5.88 Å². The van der Waals surface area contributed by atoms with E-state index in [2.05, 4.69) is 11.8 Å². The SMILES string of the molecule is CCC[C@@H](O)CN(Cc1c(C)nn(-c2ccccc2)c1Oc1ccc(OC)cc1)C[C@@H]1CCCO1. The summed E-state index contributed by atoms with van der Waals surface area (Å²) >= 11 is 0. The number of aliphatic hydroxyl groups excluding tert-OH is 1. The van der Waals surface area contributed by atoms with E-state index in [1.165, 1.54) is 0 Å². The van der Waals surface area contributed by atoms with Crippen LogP contribution in [0.3, 0.4) is 0 Å². The molecular weight excluding hydrogens is 442 g/mol. The second kappa shape index (κ2) is 12.2. The molecule has 7 heteroatoms. The van der Waals surface area contributed by atoms with Gasteiger partial charge in [-0.15, -0.1) is 0 Å². The lowest BCUT2D eigenvalue weighted by atomic mass is 10.1. The van der Waals surface area contributed by atoms with Gasteiger partial charge in [0, 0.05) is 26.2 Å². The summed E-state index contributed by atoms with van der Waals surface area (Å²) in [6, 6.07) is 17.6. The number of aryl methyl sites for hydroxylation is 1. The summed E-state index contributed by atoms with van der Waals surface area (Å²) in [5.41, 5.74) is 2.84. The maximum Gasteiger partial charge on any atom is 0.227 e. The molecule has 35 heavy (non-hydrogen) atoms. The van der Waals surface area contributed by atoms with E-state index in [-0.39, 0.29) is 12.2 Å². The molecule has 1 aromatic heterocycles. The van der Waals surface area contributed by atoms with Gasteiger partial charge in [0.15, 0.2) is 0 Å². The fraction of sp³-hybridized carbons (Fsp3) is 0.464. The molecule has 0 radical (unpaired) electrons. The van der Waals surface area contributed by atoms with E-state index in [0.29, 0.717) is 24.7 Å². The number of para-hydroxylation sites is 1. The maximum atomic E-state index is 10.6. The summed E-state index contributed by atoms with van der Waals surface area (Å²) in [5.74, 6) is 2.17. The average molecular weight is 480 g/mol. The predicted molar refractivity (Wildman–Crippen MR) is 137 cm³/mol. The Bertz CT molecular complexity index is 1050. The summed E-state index contributed by atoms with van der Waals surface area (Å²) in [7, 11) is 1.65. The number of aliphatic hydroxyl groups is 1. The second-order valence-corrected chi connectivity index (χ2v) is 9.17. The molecule has 1 fully saturated rings. The van der Waals surface area contributed by atoms with Crippen molar-refractivity contribution in [2.24, 2.45) is 0 Å². The van der Waals surface area contributed by atoms with E-state index in [4.69, 9.17) is 19.3 Å². The van der Waals surface area contributed by atoms with Crippen LogP contribution in [0, 0.1) is 6.92 Å². The van der Waals surface area contributed by atoms with Gasteiger partial charge in [0.1, 0.15) is 11.5 Å². The van der Waals surface area contributed by atoms with E-state index >= 15 is 0 Å². The average Bonchev–Trinajstić information content (AvgIpc) is 3.49. The normalized spacial score (nSPS) is 16.5. The lowest BCUT2D eigenvalue weighted by Crippen LogP contribution is -2.37. The Kier molecular flexibility index (Phi) is 8.79. The van der Waals surface area contributed by atoms with Crippen molar-refractivity contribution in [3.05, 3.63) is 65.9 Å². The second-order valence-electron chi connectivity index (χ2n) is 9.17. The first-order valence-electron chi connectivity index (χ1n) is 12.5. The summed E-state index contributed by atoms with van der Waals surface area (Å²) in [5, 5.41) is 15.5. The number of aromatic nitrogens is 2. The van der Waals surface area contributed by atoms with Crippen LogP contribution in [0.25, 0.3) is 5.69 Å². The zero-order valence-electron chi connectivity index (χ0n) is 21.0. The number of ether oxygens (including phenoxy) is 3. The third-order valence-electron chi connectivity index (χ3n) is 6.37. The molecule has 0 amide bonds. The summed E-state index contributed by atoms with van der Waals surface area (Å²) in [6.45, 7) is 6.91. The molecule has 0 bridgehead atoms. The van der Waals surface area contributed by atoms with Crippen LogP contribution in [0.15, 0.2) is 54.6 Å². The topological polar surface area (TPSA) is 69.0 Å². The molecular formula is C28H37N3O4. The zero-order valence-corrected chi connectivity index (χ0v) is 21.0. The Balaban J connectivity index is 1.67. The maximum absolute atomic E-state index is 10.6. The first kappa shape index (κ1) is 25.2. The molecule has 1 aliphatic rings. The molecule has 4 rings (SSSR count). The highest BCUT2D eigenvalue weighted by Crippen LogP contribution is 2.32. The molecule has 188 valence electrons. The predicted octanol–water partition coefficient (Wildman–Crippen LogP) is 5.12. The number of nitrogens with zero attached hydrogens (tertiary/aromatic N) is 3. The molecule has 0 aliphatic carbocycles. The summed E-state index contributed by atoms with van der Waals surface area (Å²) in [6.07, 6.45) is 3.69. The summed E-state index contributed by atoms with van der Waals surface area (Å²) < 4.78 is 19.6. The Morgan fingerprint density at radius 1 is 1.14 bits per heavy atom. The van der Waals surface area contributed by atoms with Crippen molar-refractivity contribution in [2.75, 3.05) is 26.8 Å². The van der Waals surface area contributed by atoms with Crippen molar-refractivity contribution >= 4 is 0 Å². The highest BCUT2D eigenvalue weighted by Gasteiger charge is 2.25. The summed E-state index contributed by atoms with van der Waals surface area (Å²) in [4.78, 5) is 2.29. The highest BCUT2D eigenvalue weighted by molar-refractivity contribution is 5.44. The van der Waals surface area contributed by atoms with Crippen molar-refractivity contribution in [2.45, 2.75) is 58.3 Å². The molecule has 2 heterocycles. The fourth-order valence-electron chi connectivity index (χ4n) is 4.55. The lowest BCUT2D eigenvalue weighted by molar-refractivity contribution is 0.0437. The Hall–Kier alpha value is -2.87. The smallest absolute Gasteiger partial charge is 0.227 e. The zero-order chi connectivity index (χ0) is 24.6. The van der Waals surface area contributed by atoms with Crippen LogP contribution >= 0.6 is 0 Å². The first-order valence-corrected chi connectivity index (χ1v) is 12.5. The van der Waals surface area contributed by atoms with E-state index in [0.717, 1.165) is 61.5 Å². The fourth-order valence-corrected chi connectivity index (χ4v) is 4.55. The molecule has 0 unspecified atom stereocenters. The molecule has 1 saturated heterocycles. The van der Waals surface area contributed by atoms with Gasteiger partial charge >= 0.3 is 0 Å². The van der Waals surface area contributed by atoms with E-state index in [1.54, 1.807) is 7.11 Å². The number of hydrogen-bond donors (Lipinski definition) is 1. The van der Waals surface area contributed by atoms with Crippen LogP contribution in [0.2, 0.25) is 0 Å². The minimum atomic E-state index is -0.378. The lowest BCUT2D eigenvalue weighted by Gasteiger charge is -2.27. The van der Waals surface area contributed by atoms with Crippen molar-refractivity contribution in [3.63, 3.8) is 0 Å². The van der Waals surface area contributed by atoms with Crippen LogP contribution in [0.4, 0.5) is 0 Å². The number of benzene rings is 2. The van der Waals surface area contributed by atoms with Crippen LogP contribution in [-0.4, -0.2) is 58.8 Å². The minimum Gasteiger partial charge on any atom is -0.497 e. The van der Waals surface area contributed by atoms with E-state index < -0.39 is 0 Å². The third kappa shape index (κ3) is 6.63. The highest BCUT2D eigenvalue weighted by atomic mass is 16.5. The van der Waals surface area contributed by atoms with Crippen LogP contribution in [0.1, 0.15) is 43.9 Å². The number of rotatable bonds is 12. The Labute approximate surface area is 208 Å². The molecule has 2 atom stereocenters. The quantitative estimate of drug-likeness (QED) is 0.389. The molecule has 0 spiro atoms. The minimum absolute atomic E-state index is 0.194. The van der Waals surface area contributed by atoms with Gasteiger partial charge in [-0.1, -0.05) is 31.5 Å².